The molecule has 2 unspecified atom stereocenters. The van der Waals surface area contributed by atoms with Crippen molar-refractivity contribution in [1.82, 2.24) is 25.3 Å². The van der Waals surface area contributed by atoms with Crippen LogP contribution in [0, 0.1) is 0 Å². The summed E-state index contributed by atoms with van der Waals surface area (Å²) in [4.78, 5) is 9.02. The van der Waals surface area contributed by atoms with Gasteiger partial charge >= 0.3 is 0 Å². The van der Waals surface area contributed by atoms with Gasteiger partial charge in [-0.1, -0.05) is 5.16 Å². The number of β-amino-alcohol motifs (C(OH)–C–C–N with tert-alkyl or cyclic N) is 1. The van der Waals surface area contributed by atoms with E-state index in [4.69, 9.17) is 4.52 Å². The topological polar surface area (TPSA) is 77.7 Å². The molecule has 0 radical (unpaired) electrons. The van der Waals surface area contributed by atoms with Gasteiger partial charge in [0, 0.05) is 13.1 Å². The van der Waals surface area contributed by atoms with Gasteiger partial charge in [0.1, 0.15) is 0 Å². The van der Waals surface area contributed by atoms with Crippen molar-refractivity contribution >= 4 is 0 Å². The Kier molecular flexibility index (Phi) is 3.76. The van der Waals surface area contributed by atoms with Gasteiger partial charge < -0.3 is 19.8 Å². The predicted octanol–water partition coefficient (Wildman–Crippen LogP) is -0.441. The summed E-state index contributed by atoms with van der Waals surface area (Å²) in [7, 11) is 4.20. The quantitative estimate of drug-likeness (QED) is 0.761. The first-order valence-corrected chi connectivity index (χ1v) is 7.24. The van der Waals surface area contributed by atoms with Crippen molar-refractivity contribution in [3.63, 3.8) is 0 Å². The van der Waals surface area contributed by atoms with Gasteiger partial charge in [-0.25, -0.2) is 0 Å². The Balaban J connectivity index is 1.81. The molecule has 7 heteroatoms. The molecular formula is C13H23N5O2. The smallest absolute Gasteiger partial charge is 0.260 e. The second-order valence-electron chi connectivity index (χ2n) is 6.03. The third-order valence-corrected chi connectivity index (χ3v) is 4.34. The third kappa shape index (κ3) is 2.58. The Morgan fingerprint density at radius 3 is 3.00 bits per heavy atom. The van der Waals surface area contributed by atoms with E-state index in [1.54, 1.807) is 0 Å². The number of likely N-dealkylation sites (N-methyl/N-ethyl adjacent to an activating group) is 2. The van der Waals surface area contributed by atoms with Crippen LogP contribution in [0.4, 0.5) is 0 Å². The van der Waals surface area contributed by atoms with E-state index in [9.17, 15) is 5.11 Å². The van der Waals surface area contributed by atoms with Crippen molar-refractivity contribution < 1.29 is 9.63 Å². The molecule has 3 heterocycles. The van der Waals surface area contributed by atoms with Gasteiger partial charge in [0.25, 0.3) is 5.89 Å². The maximum Gasteiger partial charge on any atom is 0.260 e. The lowest BCUT2D eigenvalue weighted by molar-refractivity contribution is 0.0242. The van der Waals surface area contributed by atoms with Crippen LogP contribution >= 0.6 is 0 Å². The predicted molar refractivity (Wildman–Crippen MR) is 73.2 cm³/mol. The highest BCUT2D eigenvalue weighted by Crippen LogP contribution is 2.28. The largest absolute Gasteiger partial charge is 0.379 e. The maximum absolute atomic E-state index is 10.5. The van der Waals surface area contributed by atoms with Crippen LogP contribution < -0.4 is 5.32 Å². The van der Waals surface area contributed by atoms with Crippen LogP contribution in [0.15, 0.2) is 4.52 Å². The molecule has 1 aromatic rings. The highest BCUT2D eigenvalue weighted by molar-refractivity contribution is 5.06. The zero-order valence-electron chi connectivity index (χ0n) is 12.2. The molecular weight excluding hydrogens is 258 g/mol. The van der Waals surface area contributed by atoms with Crippen LogP contribution in [-0.4, -0.2) is 71.9 Å². The minimum atomic E-state index is -1.000. The number of nitrogens with one attached hydrogen (secondary N) is 1. The normalized spacial score (nSPS) is 33.5. The molecule has 0 spiro atoms. The first-order valence-electron chi connectivity index (χ1n) is 7.24. The third-order valence-electron chi connectivity index (χ3n) is 4.34. The molecule has 1 aromatic heterocycles. The molecule has 2 fully saturated rings. The SMILES string of the molecule is CN1CCCN(C)C(c2noc(C3(O)CCNC3)n2)C1. The molecule has 7 nitrogen and oxygen atoms in total. The van der Waals surface area contributed by atoms with Crippen LogP contribution in [-0.2, 0) is 5.60 Å². The molecule has 2 aliphatic heterocycles. The van der Waals surface area contributed by atoms with Gasteiger partial charge in [-0.05, 0) is 46.6 Å². The van der Waals surface area contributed by atoms with Crippen LogP contribution in [0.25, 0.3) is 0 Å². The average Bonchev–Trinajstić information content (AvgIpc) is 3.02. The molecule has 0 aliphatic carbocycles. The number of nitrogens with zero attached hydrogens (tertiary/aromatic N) is 4. The summed E-state index contributed by atoms with van der Waals surface area (Å²) in [5.74, 6) is 1.02. The minimum absolute atomic E-state index is 0.123. The summed E-state index contributed by atoms with van der Waals surface area (Å²) in [5, 5.41) is 17.7. The van der Waals surface area contributed by atoms with Crippen molar-refractivity contribution in [1.29, 1.82) is 0 Å². The van der Waals surface area contributed by atoms with Gasteiger partial charge in [0.2, 0.25) is 0 Å². The van der Waals surface area contributed by atoms with Crippen LogP contribution in [0.3, 0.4) is 0 Å². The fourth-order valence-corrected chi connectivity index (χ4v) is 2.97. The lowest BCUT2D eigenvalue weighted by Gasteiger charge is -2.24. The molecule has 0 bridgehead atoms. The Morgan fingerprint density at radius 2 is 2.25 bits per heavy atom. The molecule has 2 aliphatic rings. The van der Waals surface area contributed by atoms with Gasteiger partial charge in [0.15, 0.2) is 11.4 Å². The molecule has 0 aromatic carbocycles. The number of hydrogen-bond donors (Lipinski definition) is 2. The van der Waals surface area contributed by atoms with Crippen LogP contribution in [0.2, 0.25) is 0 Å². The lowest BCUT2D eigenvalue weighted by Crippen LogP contribution is -2.32. The summed E-state index contributed by atoms with van der Waals surface area (Å²) < 4.78 is 5.33. The second kappa shape index (κ2) is 5.40. The summed E-state index contributed by atoms with van der Waals surface area (Å²) in [6, 6.07) is 0.123. The Morgan fingerprint density at radius 1 is 1.40 bits per heavy atom. The van der Waals surface area contributed by atoms with Crippen molar-refractivity contribution in [3.8, 4) is 0 Å². The molecule has 0 saturated carbocycles. The lowest BCUT2D eigenvalue weighted by atomic mass is 10.0. The van der Waals surface area contributed by atoms with Gasteiger partial charge in [-0.3, -0.25) is 4.90 Å². The summed E-state index contributed by atoms with van der Waals surface area (Å²) >= 11 is 0. The molecule has 2 N–H and O–H groups in total. The number of hydrogen-bond acceptors (Lipinski definition) is 7. The Hall–Kier alpha value is -1.02. The fraction of sp³-hybridized carbons (Fsp3) is 0.846. The first kappa shape index (κ1) is 13.9. The fourth-order valence-electron chi connectivity index (χ4n) is 2.97. The standard InChI is InChI=1S/C13H23N5O2/c1-17-6-3-7-18(2)10(8-17)11-15-12(20-16-11)13(19)4-5-14-9-13/h10,14,19H,3-9H2,1-2H3. The molecule has 2 saturated heterocycles. The highest BCUT2D eigenvalue weighted by atomic mass is 16.5. The van der Waals surface area contributed by atoms with Crippen molar-refractivity contribution in [3.05, 3.63) is 11.7 Å². The van der Waals surface area contributed by atoms with E-state index in [1.807, 2.05) is 0 Å². The van der Waals surface area contributed by atoms with E-state index < -0.39 is 5.60 Å². The average molecular weight is 281 g/mol. The zero-order chi connectivity index (χ0) is 14.2. The summed E-state index contributed by atoms with van der Waals surface area (Å²) in [5.41, 5.74) is -1.000. The van der Waals surface area contributed by atoms with Crippen molar-refractivity contribution in [2.24, 2.45) is 0 Å². The summed E-state index contributed by atoms with van der Waals surface area (Å²) in [6.45, 7) is 4.24. The molecule has 2 atom stereocenters. The van der Waals surface area contributed by atoms with Gasteiger partial charge in [-0.15, -0.1) is 0 Å². The van der Waals surface area contributed by atoms with Gasteiger partial charge in [-0.2, -0.15) is 4.98 Å². The van der Waals surface area contributed by atoms with E-state index in [-0.39, 0.29) is 6.04 Å². The van der Waals surface area contributed by atoms with Gasteiger partial charge in [0.05, 0.1) is 6.04 Å². The zero-order valence-corrected chi connectivity index (χ0v) is 12.2. The monoisotopic (exact) mass is 281 g/mol. The van der Waals surface area contributed by atoms with E-state index in [2.05, 4.69) is 39.4 Å². The maximum atomic E-state index is 10.5. The van der Waals surface area contributed by atoms with E-state index in [0.717, 1.165) is 32.6 Å². The minimum Gasteiger partial charge on any atom is -0.379 e. The Bertz CT molecular complexity index is 457. The Labute approximate surface area is 118 Å². The van der Waals surface area contributed by atoms with Crippen LogP contribution in [0.5, 0.6) is 0 Å². The van der Waals surface area contributed by atoms with E-state index in [0.29, 0.717) is 24.7 Å². The van der Waals surface area contributed by atoms with E-state index >= 15 is 0 Å². The number of rotatable bonds is 2. The molecule has 0 amide bonds. The summed E-state index contributed by atoms with van der Waals surface area (Å²) in [6.07, 6.45) is 1.76. The second-order valence-corrected chi connectivity index (χ2v) is 6.03. The molecule has 112 valence electrons. The van der Waals surface area contributed by atoms with Crippen molar-refractivity contribution in [2.45, 2.75) is 24.5 Å². The van der Waals surface area contributed by atoms with E-state index in [1.165, 1.54) is 0 Å². The van der Waals surface area contributed by atoms with Crippen molar-refractivity contribution in [2.75, 3.05) is 46.8 Å². The molecule has 3 rings (SSSR count). The number of aromatic nitrogens is 2. The first-order chi connectivity index (χ1) is 9.58. The van der Waals surface area contributed by atoms with Crippen LogP contribution in [0.1, 0.15) is 30.6 Å². The number of aliphatic hydroxyl groups is 1. The molecule has 20 heavy (non-hydrogen) atoms. The highest BCUT2D eigenvalue weighted by Gasteiger charge is 2.39.